The maximum Gasteiger partial charge on any atom is 0.160 e. The molecule has 6 aromatic rings. The van der Waals surface area contributed by atoms with Crippen LogP contribution in [0.1, 0.15) is 24.4 Å². The molecule has 2 N–H and O–H groups in total. The summed E-state index contributed by atoms with van der Waals surface area (Å²) in [6.45, 7) is 4.18. The maximum atomic E-state index is 5.22. The monoisotopic (exact) mass is 457 g/mol. The van der Waals surface area contributed by atoms with E-state index in [9.17, 15) is 0 Å². The minimum Gasteiger partial charge on any atom is -0.360 e. The number of benzene rings is 3. The number of H-pyrrole nitrogens is 1. The minimum atomic E-state index is 0.380. The second kappa shape index (κ2) is 8.07. The number of aryl methyl sites for hydroxylation is 1. The van der Waals surface area contributed by atoms with E-state index in [1.807, 2.05) is 6.20 Å². The third-order valence-electron chi connectivity index (χ3n) is 7.36. The van der Waals surface area contributed by atoms with E-state index in [0.717, 1.165) is 59.6 Å². The summed E-state index contributed by atoms with van der Waals surface area (Å²) in [6, 6.07) is 24.2. The lowest BCUT2D eigenvalue weighted by Crippen LogP contribution is -2.29. The highest BCUT2D eigenvalue weighted by Gasteiger charge is 2.24. The van der Waals surface area contributed by atoms with Crippen LogP contribution >= 0.6 is 0 Å². The van der Waals surface area contributed by atoms with Gasteiger partial charge in [0.05, 0.1) is 0 Å². The number of imidazole rings is 1. The summed E-state index contributed by atoms with van der Waals surface area (Å²) in [7, 11) is 0. The second-order valence-corrected chi connectivity index (χ2v) is 9.67. The first-order valence-electron chi connectivity index (χ1n) is 12.4. The Bertz CT molecular complexity index is 1700. The summed E-state index contributed by atoms with van der Waals surface area (Å²) < 4.78 is 2.39. The molecular weight excluding hydrogens is 430 g/mol. The summed E-state index contributed by atoms with van der Waals surface area (Å²) in [6.07, 6.45) is 6.27. The van der Waals surface area contributed by atoms with Crippen LogP contribution in [0, 0.1) is 6.92 Å². The average molecular weight is 458 g/mol. The molecule has 0 aliphatic carbocycles. The standard InChI is InChI=1S/C30H27N5/c1-19-6-9-27-25(14-19)26(18-32-27)29-34-28-16-23(22-8-7-20-4-2-3-5-21(20)15-22)17-33-30(28)35(29)24-10-12-31-13-11-24/h2-9,14-18,24,31-32H,10-13H2,1H3. The maximum absolute atomic E-state index is 5.22. The molecule has 0 bridgehead atoms. The molecule has 0 radical (unpaired) electrons. The molecule has 172 valence electrons. The third-order valence-corrected chi connectivity index (χ3v) is 7.36. The predicted molar refractivity (Wildman–Crippen MR) is 144 cm³/mol. The fourth-order valence-electron chi connectivity index (χ4n) is 5.53. The molecule has 0 unspecified atom stereocenters. The number of nitrogens with zero attached hydrogens (tertiary/aromatic N) is 3. The topological polar surface area (TPSA) is 58.5 Å². The van der Waals surface area contributed by atoms with Crippen molar-refractivity contribution in [3.8, 4) is 22.5 Å². The lowest BCUT2D eigenvalue weighted by atomic mass is 10.0. The van der Waals surface area contributed by atoms with Crippen LogP contribution in [0.15, 0.2) is 79.1 Å². The van der Waals surface area contributed by atoms with E-state index in [4.69, 9.17) is 9.97 Å². The molecule has 1 saturated heterocycles. The van der Waals surface area contributed by atoms with Gasteiger partial charge in [-0.2, -0.15) is 0 Å². The van der Waals surface area contributed by atoms with E-state index in [0.29, 0.717) is 6.04 Å². The zero-order valence-corrected chi connectivity index (χ0v) is 19.8. The molecule has 1 fully saturated rings. The van der Waals surface area contributed by atoms with Crippen molar-refractivity contribution in [2.24, 2.45) is 0 Å². The van der Waals surface area contributed by atoms with Crippen LogP contribution < -0.4 is 5.32 Å². The number of aromatic amines is 1. The fourth-order valence-corrected chi connectivity index (χ4v) is 5.53. The Balaban J connectivity index is 1.43. The number of rotatable bonds is 3. The highest BCUT2D eigenvalue weighted by atomic mass is 15.2. The van der Waals surface area contributed by atoms with Gasteiger partial charge in [-0.15, -0.1) is 0 Å². The number of aromatic nitrogens is 4. The van der Waals surface area contributed by atoms with Gasteiger partial charge in [-0.3, -0.25) is 0 Å². The first-order valence-corrected chi connectivity index (χ1v) is 12.4. The highest BCUT2D eigenvalue weighted by molar-refractivity contribution is 5.96. The van der Waals surface area contributed by atoms with Gasteiger partial charge < -0.3 is 14.9 Å². The number of nitrogens with one attached hydrogen (secondary N) is 2. The van der Waals surface area contributed by atoms with Gasteiger partial charge in [0.15, 0.2) is 5.65 Å². The molecular formula is C30H27N5. The minimum absolute atomic E-state index is 0.380. The summed E-state index contributed by atoms with van der Waals surface area (Å²) >= 11 is 0. The van der Waals surface area contributed by atoms with Crippen molar-refractivity contribution in [2.45, 2.75) is 25.8 Å². The summed E-state index contributed by atoms with van der Waals surface area (Å²) in [4.78, 5) is 13.7. The Morgan fingerprint density at radius 1 is 0.886 bits per heavy atom. The summed E-state index contributed by atoms with van der Waals surface area (Å²) in [5, 5.41) is 7.20. The SMILES string of the molecule is Cc1ccc2[nH]cc(-c3nc4cc(-c5ccc6ccccc6c5)cnc4n3C3CCNCC3)c2c1. The highest BCUT2D eigenvalue weighted by Crippen LogP contribution is 2.36. The number of fused-ring (bicyclic) bond motifs is 3. The van der Waals surface area contributed by atoms with Gasteiger partial charge in [0.2, 0.25) is 0 Å². The van der Waals surface area contributed by atoms with E-state index in [2.05, 4.69) is 94.7 Å². The number of hydrogen-bond acceptors (Lipinski definition) is 3. The quantitative estimate of drug-likeness (QED) is 0.313. The molecule has 0 spiro atoms. The molecule has 5 nitrogen and oxygen atoms in total. The first kappa shape index (κ1) is 20.4. The van der Waals surface area contributed by atoms with Gasteiger partial charge in [-0.05, 0) is 73.5 Å². The number of piperidine rings is 1. The van der Waals surface area contributed by atoms with E-state index >= 15 is 0 Å². The molecule has 3 aromatic heterocycles. The van der Waals surface area contributed by atoms with Gasteiger partial charge in [-0.1, -0.05) is 48.0 Å². The third kappa shape index (κ3) is 3.43. The van der Waals surface area contributed by atoms with Crippen molar-refractivity contribution in [1.29, 1.82) is 0 Å². The Morgan fingerprint density at radius 2 is 1.74 bits per heavy atom. The van der Waals surface area contributed by atoms with Crippen LogP contribution in [-0.2, 0) is 0 Å². The van der Waals surface area contributed by atoms with Crippen molar-refractivity contribution in [3.05, 3.63) is 84.7 Å². The van der Waals surface area contributed by atoms with Gasteiger partial charge in [-0.25, -0.2) is 9.97 Å². The van der Waals surface area contributed by atoms with Gasteiger partial charge in [0.1, 0.15) is 11.3 Å². The van der Waals surface area contributed by atoms with Crippen LogP contribution in [0.4, 0.5) is 0 Å². The average Bonchev–Trinajstić information content (AvgIpc) is 3.49. The van der Waals surface area contributed by atoms with Gasteiger partial charge in [0.25, 0.3) is 0 Å². The van der Waals surface area contributed by atoms with E-state index in [1.54, 1.807) is 0 Å². The first-order chi connectivity index (χ1) is 17.2. The smallest absolute Gasteiger partial charge is 0.160 e. The lowest BCUT2D eigenvalue weighted by Gasteiger charge is -2.25. The lowest BCUT2D eigenvalue weighted by molar-refractivity contribution is 0.376. The second-order valence-electron chi connectivity index (χ2n) is 9.67. The van der Waals surface area contributed by atoms with Gasteiger partial charge >= 0.3 is 0 Å². The van der Waals surface area contributed by atoms with Crippen LogP contribution in [0.3, 0.4) is 0 Å². The van der Waals surface area contributed by atoms with Crippen molar-refractivity contribution in [2.75, 3.05) is 13.1 Å². The number of pyridine rings is 1. The van der Waals surface area contributed by atoms with E-state index in [1.165, 1.54) is 27.3 Å². The molecule has 0 saturated carbocycles. The largest absolute Gasteiger partial charge is 0.360 e. The van der Waals surface area contributed by atoms with Crippen molar-refractivity contribution < 1.29 is 0 Å². The van der Waals surface area contributed by atoms with E-state index in [-0.39, 0.29) is 0 Å². The fraction of sp³-hybridized carbons (Fsp3) is 0.200. The molecule has 4 heterocycles. The van der Waals surface area contributed by atoms with Crippen LogP contribution in [0.2, 0.25) is 0 Å². The van der Waals surface area contributed by atoms with Crippen LogP contribution in [-0.4, -0.2) is 32.6 Å². The zero-order chi connectivity index (χ0) is 23.4. The van der Waals surface area contributed by atoms with Crippen molar-refractivity contribution in [3.63, 3.8) is 0 Å². The molecule has 5 heteroatoms. The van der Waals surface area contributed by atoms with Crippen LogP contribution in [0.5, 0.6) is 0 Å². The molecule has 1 aliphatic heterocycles. The number of hydrogen-bond donors (Lipinski definition) is 2. The summed E-state index contributed by atoms with van der Waals surface area (Å²) in [5.74, 6) is 1.01. The van der Waals surface area contributed by atoms with Crippen LogP contribution in [0.25, 0.3) is 55.4 Å². The Labute approximate surface area is 203 Å². The molecule has 0 atom stereocenters. The molecule has 35 heavy (non-hydrogen) atoms. The molecule has 3 aromatic carbocycles. The Morgan fingerprint density at radius 3 is 2.63 bits per heavy atom. The van der Waals surface area contributed by atoms with Gasteiger partial charge in [0, 0.05) is 40.5 Å². The zero-order valence-electron chi connectivity index (χ0n) is 19.8. The normalized spacial score (nSPS) is 14.9. The molecule has 0 amide bonds. The predicted octanol–water partition coefficient (Wildman–Crippen LogP) is 6.63. The summed E-state index contributed by atoms with van der Waals surface area (Å²) in [5.41, 5.74) is 7.72. The van der Waals surface area contributed by atoms with E-state index < -0.39 is 0 Å². The van der Waals surface area contributed by atoms with Crippen molar-refractivity contribution in [1.82, 2.24) is 24.8 Å². The van der Waals surface area contributed by atoms with Crippen molar-refractivity contribution >= 4 is 32.8 Å². The molecule has 7 rings (SSSR count). The Kier molecular flexibility index (Phi) is 4.71. The molecule has 1 aliphatic rings. The Hall–Kier alpha value is -3.96.